The average molecular weight is 389 g/mol. The Bertz CT molecular complexity index is 648. The first-order valence-corrected chi connectivity index (χ1v) is 8.81. The Morgan fingerprint density at radius 2 is 1.85 bits per heavy atom. The average Bonchev–Trinajstić information content (AvgIpc) is 2.43. The summed E-state index contributed by atoms with van der Waals surface area (Å²) in [6.07, 6.45) is 1.07. The lowest BCUT2D eigenvalue weighted by Crippen LogP contribution is -2.16. The van der Waals surface area contributed by atoms with Crippen LogP contribution in [-0.4, -0.2) is 5.75 Å². The zero-order valence-corrected chi connectivity index (χ0v) is 14.4. The van der Waals surface area contributed by atoms with Gasteiger partial charge in [-0.3, -0.25) is 0 Å². The van der Waals surface area contributed by atoms with Crippen molar-refractivity contribution in [2.45, 2.75) is 17.4 Å². The molecule has 1 atom stereocenters. The van der Waals surface area contributed by atoms with Crippen molar-refractivity contribution in [1.29, 1.82) is 0 Å². The Kier molecular flexibility index (Phi) is 4.51. The van der Waals surface area contributed by atoms with Crippen LogP contribution in [0.3, 0.4) is 0 Å². The van der Waals surface area contributed by atoms with Gasteiger partial charge in [0, 0.05) is 25.2 Å². The Labute approximate surface area is 141 Å². The van der Waals surface area contributed by atoms with Gasteiger partial charge in [0.25, 0.3) is 0 Å². The van der Waals surface area contributed by atoms with Crippen LogP contribution < -0.4 is 5.32 Å². The molecule has 20 heavy (non-hydrogen) atoms. The molecule has 1 heterocycles. The van der Waals surface area contributed by atoms with E-state index in [0.717, 1.165) is 32.4 Å². The lowest BCUT2D eigenvalue weighted by molar-refractivity contribution is 0.728. The molecular weight excluding hydrogens is 377 g/mol. The van der Waals surface area contributed by atoms with E-state index in [1.54, 1.807) is 0 Å². The zero-order chi connectivity index (χ0) is 14.1. The molecule has 0 fully saturated rings. The normalized spacial score (nSPS) is 17.6. The molecule has 0 aliphatic carbocycles. The van der Waals surface area contributed by atoms with Crippen LogP contribution in [0.25, 0.3) is 0 Å². The third-order valence-corrected chi connectivity index (χ3v) is 5.55. The minimum absolute atomic E-state index is 0.264. The maximum absolute atomic E-state index is 6.13. The number of hydrogen-bond acceptors (Lipinski definition) is 2. The Morgan fingerprint density at radius 1 is 1.10 bits per heavy atom. The van der Waals surface area contributed by atoms with E-state index in [9.17, 15) is 0 Å². The van der Waals surface area contributed by atoms with E-state index in [0.29, 0.717) is 0 Å². The lowest BCUT2D eigenvalue weighted by Gasteiger charge is -2.27. The van der Waals surface area contributed by atoms with Crippen LogP contribution in [0, 0.1) is 0 Å². The highest BCUT2D eigenvalue weighted by Crippen LogP contribution is 2.40. The molecular formula is C15H12BrCl2NS. The largest absolute Gasteiger partial charge is 0.377 e. The van der Waals surface area contributed by atoms with Crippen molar-refractivity contribution in [2.75, 3.05) is 11.1 Å². The van der Waals surface area contributed by atoms with E-state index < -0.39 is 0 Å². The van der Waals surface area contributed by atoms with Gasteiger partial charge in [-0.15, -0.1) is 11.8 Å². The van der Waals surface area contributed by atoms with Crippen LogP contribution in [0.5, 0.6) is 0 Å². The van der Waals surface area contributed by atoms with Crippen molar-refractivity contribution >= 4 is 56.6 Å². The summed E-state index contributed by atoms with van der Waals surface area (Å²) in [7, 11) is 0. The molecule has 1 N–H and O–H groups in total. The van der Waals surface area contributed by atoms with Crippen LogP contribution >= 0.6 is 50.9 Å². The third-order valence-electron chi connectivity index (χ3n) is 3.27. The summed E-state index contributed by atoms with van der Waals surface area (Å²) in [5, 5.41) is 5.08. The van der Waals surface area contributed by atoms with Gasteiger partial charge in [0.05, 0.1) is 11.7 Å². The summed E-state index contributed by atoms with van der Waals surface area (Å²) in [6.45, 7) is 0. The van der Waals surface area contributed by atoms with Gasteiger partial charge in [-0.25, -0.2) is 0 Å². The molecule has 2 aromatic carbocycles. The smallest absolute Gasteiger partial charge is 0.0533 e. The SMILES string of the molecule is Clc1ccc(Br)c(NC2CCSc3ccc(Cl)cc32)c1. The minimum atomic E-state index is 0.264. The Hall–Kier alpha value is -0.350. The summed E-state index contributed by atoms with van der Waals surface area (Å²) in [5.74, 6) is 1.10. The summed E-state index contributed by atoms with van der Waals surface area (Å²) in [6, 6.07) is 12.1. The zero-order valence-electron chi connectivity index (χ0n) is 10.5. The van der Waals surface area contributed by atoms with E-state index in [4.69, 9.17) is 23.2 Å². The third kappa shape index (κ3) is 3.11. The van der Waals surface area contributed by atoms with Gasteiger partial charge in [-0.1, -0.05) is 23.2 Å². The molecule has 1 aliphatic rings. The number of benzene rings is 2. The van der Waals surface area contributed by atoms with Crippen molar-refractivity contribution in [3.8, 4) is 0 Å². The second-order valence-electron chi connectivity index (χ2n) is 4.64. The van der Waals surface area contributed by atoms with Gasteiger partial charge in [0.15, 0.2) is 0 Å². The van der Waals surface area contributed by atoms with Gasteiger partial charge in [-0.05, 0) is 64.3 Å². The summed E-state index contributed by atoms with van der Waals surface area (Å²) >= 11 is 17.6. The molecule has 2 aromatic rings. The molecule has 5 heteroatoms. The number of halogens is 3. The summed E-state index contributed by atoms with van der Waals surface area (Å²) in [5.41, 5.74) is 2.28. The Morgan fingerprint density at radius 3 is 2.70 bits per heavy atom. The monoisotopic (exact) mass is 387 g/mol. The highest BCUT2D eigenvalue weighted by molar-refractivity contribution is 9.10. The van der Waals surface area contributed by atoms with Gasteiger partial charge >= 0.3 is 0 Å². The quantitative estimate of drug-likeness (QED) is 0.638. The number of anilines is 1. The molecule has 0 radical (unpaired) electrons. The molecule has 1 unspecified atom stereocenters. The topological polar surface area (TPSA) is 12.0 Å². The first-order chi connectivity index (χ1) is 9.63. The minimum Gasteiger partial charge on any atom is -0.377 e. The number of rotatable bonds is 2. The molecule has 0 amide bonds. The molecule has 3 rings (SSSR count). The van der Waals surface area contributed by atoms with Crippen LogP contribution in [0.2, 0.25) is 10.0 Å². The van der Waals surface area contributed by atoms with Gasteiger partial charge in [-0.2, -0.15) is 0 Å². The fourth-order valence-electron chi connectivity index (χ4n) is 2.31. The second kappa shape index (κ2) is 6.18. The Balaban J connectivity index is 1.93. The maximum Gasteiger partial charge on any atom is 0.0533 e. The van der Waals surface area contributed by atoms with E-state index in [1.807, 2.05) is 36.0 Å². The van der Waals surface area contributed by atoms with E-state index in [2.05, 4.69) is 33.4 Å². The predicted octanol–water partition coefficient (Wildman–Crippen LogP) is 6.40. The number of hydrogen-bond donors (Lipinski definition) is 1. The van der Waals surface area contributed by atoms with Crippen molar-refractivity contribution in [1.82, 2.24) is 0 Å². The van der Waals surface area contributed by atoms with E-state index >= 15 is 0 Å². The predicted molar refractivity (Wildman–Crippen MR) is 92.3 cm³/mol. The molecule has 0 saturated heterocycles. The van der Waals surface area contributed by atoms with Crippen LogP contribution in [0.1, 0.15) is 18.0 Å². The molecule has 0 saturated carbocycles. The fourth-order valence-corrected chi connectivity index (χ4v) is 4.13. The summed E-state index contributed by atoms with van der Waals surface area (Å²) < 4.78 is 1.02. The second-order valence-corrected chi connectivity index (χ2v) is 7.50. The van der Waals surface area contributed by atoms with Crippen molar-refractivity contribution in [3.63, 3.8) is 0 Å². The maximum atomic E-state index is 6.13. The van der Waals surface area contributed by atoms with Gasteiger partial charge < -0.3 is 5.32 Å². The molecule has 104 valence electrons. The molecule has 0 aromatic heterocycles. The molecule has 0 spiro atoms. The van der Waals surface area contributed by atoms with E-state index in [-0.39, 0.29) is 6.04 Å². The summed E-state index contributed by atoms with van der Waals surface area (Å²) in [4.78, 5) is 1.30. The fraction of sp³-hybridized carbons (Fsp3) is 0.200. The van der Waals surface area contributed by atoms with Gasteiger partial charge in [0.1, 0.15) is 0 Å². The van der Waals surface area contributed by atoms with Crippen LogP contribution in [0.4, 0.5) is 5.69 Å². The first-order valence-electron chi connectivity index (χ1n) is 6.27. The molecule has 0 bridgehead atoms. The first kappa shape index (κ1) is 14.6. The van der Waals surface area contributed by atoms with E-state index in [1.165, 1.54) is 10.5 Å². The standard InChI is InChI=1S/C15H12BrCl2NS/c16-12-3-1-10(18)8-14(12)19-13-5-6-20-15-4-2-9(17)7-11(13)15/h1-4,7-8,13,19H,5-6H2. The van der Waals surface area contributed by atoms with Crippen molar-refractivity contribution in [2.24, 2.45) is 0 Å². The number of nitrogens with one attached hydrogen (secondary N) is 1. The molecule has 1 nitrogen and oxygen atoms in total. The van der Waals surface area contributed by atoms with Crippen LogP contribution in [0.15, 0.2) is 45.8 Å². The highest BCUT2D eigenvalue weighted by Gasteiger charge is 2.21. The highest BCUT2D eigenvalue weighted by atomic mass is 79.9. The lowest BCUT2D eigenvalue weighted by atomic mass is 10.0. The molecule has 1 aliphatic heterocycles. The van der Waals surface area contributed by atoms with Crippen molar-refractivity contribution in [3.05, 3.63) is 56.5 Å². The van der Waals surface area contributed by atoms with Crippen molar-refractivity contribution < 1.29 is 0 Å². The van der Waals surface area contributed by atoms with Gasteiger partial charge in [0.2, 0.25) is 0 Å². The van der Waals surface area contributed by atoms with Crippen LogP contribution in [-0.2, 0) is 0 Å². The number of thioether (sulfide) groups is 1. The number of fused-ring (bicyclic) bond motifs is 1.